The second kappa shape index (κ2) is 5.93. The molecule has 0 radical (unpaired) electrons. The van der Waals surface area contributed by atoms with Crippen LogP contribution in [0.4, 0.5) is 0 Å². The van der Waals surface area contributed by atoms with Gasteiger partial charge in [0.25, 0.3) is 0 Å². The first-order valence-corrected chi connectivity index (χ1v) is 7.17. The zero-order valence-electron chi connectivity index (χ0n) is 12.1. The topological polar surface area (TPSA) is 51.3 Å². The van der Waals surface area contributed by atoms with E-state index in [0.29, 0.717) is 28.0 Å². The molecule has 2 rings (SSSR count). The molecule has 0 saturated heterocycles. The molecule has 108 valence electrons. The molecule has 0 amide bonds. The van der Waals surface area contributed by atoms with E-state index in [-0.39, 0.29) is 5.78 Å². The number of aryl methyl sites for hydroxylation is 2. The largest absolute Gasteiger partial charge is 0.466 e. The lowest BCUT2D eigenvalue weighted by molar-refractivity contribution is 0.102. The molecule has 0 fully saturated rings. The summed E-state index contributed by atoms with van der Waals surface area (Å²) < 4.78 is 7.88. The standard InChI is InChI=1S/C14H18BrN3O2/c1-9-7-11(10(2)20-9)14(19)13-12(15)8-16-18(13)6-5-17(3)4/h7-8H,5-6H2,1-4H3. The Labute approximate surface area is 126 Å². The average molecular weight is 340 g/mol. The Hall–Kier alpha value is -1.40. The van der Waals surface area contributed by atoms with Crippen LogP contribution in [0.15, 0.2) is 21.2 Å². The summed E-state index contributed by atoms with van der Waals surface area (Å²) in [6.45, 7) is 5.12. The van der Waals surface area contributed by atoms with E-state index in [4.69, 9.17) is 4.42 Å². The molecule has 0 aromatic carbocycles. The van der Waals surface area contributed by atoms with Gasteiger partial charge in [0.05, 0.1) is 22.8 Å². The first-order chi connectivity index (χ1) is 9.40. The maximum absolute atomic E-state index is 12.7. The van der Waals surface area contributed by atoms with Crippen molar-refractivity contribution in [1.29, 1.82) is 0 Å². The third-order valence-corrected chi connectivity index (χ3v) is 3.63. The number of hydrogen-bond acceptors (Lipinski definition) is 4. The Morgan fingerprint density at radius 3 is 2.70 bits per heavy atom. The minimum absolute atomic E-state index is 0.0671. The molecule has 20 heavy (non-hydrogen) atoms. The van der Waals surface area contributed by atoms with Crippen LogP contribution in [0.2, 0.25) is 0 Å². The van der Waals surface area contributed by atoms with Gasteiger partial charge in [-0.15, -0.1) is 0 Å². The van der Waals surface area contributed by atoms with Crippen LogP contribution in [0.25, 0.3) is 0 Å². The van der Waals surface area contributed by atoms with E-state index < -0.39 is 0 Å². The van der Waals surface area contributed by atoms with Gasteiger partial charge >= 0.3 is 0 Å². The zero-order chi connectivity index (χ0) is 14.9. The van der Waals surface area contributed by atoms with Gasteiger partial charge in [-0.3, -0.25) is 9.48 Å². The molecule has 0 bridgehead atoms. The Kier molecular flexibility index (Phi) is 4.45. The molecule has 2 aromatic rings. The van der Waals surface area contributed by atoms with Crippen molar-refractivity contribution in [2.75, 3.05) is 20.6 Å². The van der Waals surface area contributed by atoms with E-state index in [1.807, 2.05) is 21.0 Å². The van der Waals surface area contributed by atoms with Crippen LogP contribution in [0.5, 0.6) is 0 Å². The number of aromatic nitrogens is 2. The Bertz CT molecular complexity index is 628. The number of hydrogen-bond donors (Lipinski definition) is 0. The van der Waals surface area contributed by atoms with Crippen LogP contribution in [0, 0.1) is 13.8 Å². The molecule has 2 heterocycles. The number of ketones is 1. The smallest absolute Gasteiger partial charge is 0.215 e. The summed E-state index contributed by atoms with van der Waals surface area (Å²) >= 11 is 3.41. The van der Waals surface area contributed by atoms with Gasteiger partial charge in [-0.25, -0.2) is 0 Å². The second-order valence-corrected chi connectivity index (χ2v) is 5.88. The maximum Gasteiger partial charge on any atom is 0.215 e. The van der Waals surface area contributed by atoms with E-state index in [9.17, 15) is 4.79 Å². The highest BCUT2D eigenvalue weighted by Crippen LogP contribution is 2.23. The third-order valence-electron chi connectivity index (χ3n) is 3.05. The van der Waals surface area contributed by atoms with E-state index in [1.165, 1.54) is 0 Å². The molecule has 0 atom stereocenters. The first kappa shape index (κ1) is 15.0. The number of halogens is 1. The number of likely N-dealkylation sites (N-methyl/N-ethyl adjacent to an activating group) is 1. The fourth-order valence-electron chi connectivity index (χ4n) is 2.04. The molecule has 2 aromatic heterocycles. The highest BCUT2D eigenvalue weighted by molar-refractivity contribution is 9.10. The lowest BCUT2D eigenvalue weighted by Crippen LogP contribution is -2.21. The van der Waals surface area contributed by atoms with Crippen LogP contribution in [0.3, 0.4) is 0 Å². The average Bonchev–Trinajstić information content (AvgIpc) is 2.89. The van der Waals surface area contributed by atoms with Gasteiger partial charge < -0.3 is 9.32 Å². The van der Waals surface area contributed by atoms with Gasteiger partial charge in [-0.1, -0.05) is 0 Å². The van der Waals surface area contributed by atoms with E-state index in [2.05, 4.69) is 25.9 Å². The molecule has 0 aliphatic rings. The van der Waals surface area contributed by atoms with E-state index >= 15 is 0 Å². The maximum atomic E-state index is 12.7. The molecule has 0 saturated carbocycles. The number of carbonyl (C=O) groups is 1. The minimum Gasteiger partial charge on any atom is -0.466 e. The normalized spacial score (nSPS) is 11.3. The second-order valence-electron chi connectivity index (χ2n) is 5.02. The van der Waals surface area contributed by atoms with Gasteiger partial charge in [0, 0.05) is 6.54 Å². The summed E-state index contributed by atoms with van der Waals surface area (Å²) in [6.07, 6.45) is 1.66. The molecular formula is C14H18BrN3O2. The summed E-state index contributed by atoms with van der Waals surface area (Å²) in [5, 5.41) is 4.26. The minimum atomic E-state index is -0.0671. The SMILES string of the molecule is Cc1cc(C(=O)c2c(Br)cnn2CCN(C)C)c(C)o1. The van der Waals surface area contributed by atoms with Gasteiger partial charge in [-0.05, 0) is 49.9 Å². The van der Waals surface area contributed by atoms with Crippen molar-refractivity contribution in [3.63, 3.8) is 0 Å². The van der Waals surface area contributed by atoms with Crippen molar-refractivity contribution in [2.45, 2.75) is 20.4 Å². The Morgan fingerprint density at radius 1 is 1.45 bits per heavy atom. The summed E-state index contributed by atoms with van der Waals surface area (Å²) in [5.74, 6) is 1.31. The monoisotopic (exact) mass is 339 g/mol. The third kappa shape index (κ3) is 3.02. The Morgan fingerprint density at radius 2 is 2.15 bits per heavy atom. The first-order valence-electron chi connectivity index (χ1n) is 6.38. The Balaban J connectivity index is 2.34. The van der Waals surface area contributed by atoms with E-state index in [0.717, 1.165) is 12.3 Å². The molecular weight excluding hydrogens is 322 g/mol. The van der Waals surface area contributed by atoms with Crippen molar-refractivity contribution in [3.05, 3.63) is 39.5 Å². The molecule has 0 N–H and O–H groups in total. The van der Waals surface area contributed by atoms with Crippen LogP contribution in [0.1, 0.15) is 27.6 Å². The van der Waals surface area contributed by atoms with Crippen molar-refractivity contribution in [1.82, 2.24) is 14.7 Å². The molecule has 0 aliphatic heterocycles. The van der Waals surface area contributed by atoms with Crippen molar-refractivity contribution < 1.29 is 9.21 Å². The van der Waals surface area contributed by atoms with Crippen LogP contribution >= 0.6 is 15.9 Å². The van der Waals surface area contributed by atoms with Gasteiger partial charge in [0.2, 0.25) is 5.78 Å². The van der Waals surface area contributed by atoms with Crippen LogP contribution in [-0.4, -0.2) is 41.1 Å². The molecule has 5 nitrogen and oxygen atoms in total. The number of rotatable bonds is 5. The quantitative estimate of drug-likeness (QED) is 0.786. The lowest BCUT2D eigenvalue weighted by Gasteiger charge is -2.11. The fraction of sp³-hybridized carbons (Fsp3) is 0.429. The predicted molar refractivity (Wildman–Crippen MR) is 80.1 cm³/mol. The van der Waals surface area contributed by atoms with Crippen LogP contribution < -0.4 is 0 Å². The fourth-order valence-corrected chi connectivity index (χ4v) is 2.51. The van der Waals surface area contributed by atoms with Gasteiger partial charge in [0.15, 0.2) is 0 Å². The molecule has 0 aliphatic carbocycles. The predicted octanol–water partition coefficient (Wildman–Crippen LogP) is 2.65. The van der Waals surface area contributed by atoms with Crippen molar-refractivity contribution >= 4 is 21.7 Å². The van der Waals surface area contributed by atoms with Crippen LogP contribution in [-0.2, 0) is 6.54 Å². The highest BCUT2D eigenvalue weighted by atomic mass is 79.9. The number of nitrogens with zero attached hydrogens (tertiary/aromatic N) is 3. The summed E-state index contributed by atoms with van der Waals surface area (Å²) in [4.78, 5) is 14.7. The van der Waals surface area contributed by atoms with Crippen molar-refractivity contribution in [3.8, 4) is 0 Å². The number of furan rings is 1. The summed E-state index contributed by atoms with van der Waals surface area (Å²) in [6, 6.07) is 1.77. The lowest BCUT2D eigenvalue weighted by atomic mass is 10.1. The molecule has 0 spiro atoms. The van der Waals surface area contributed by atoms with Gasteiger partial charge in [0.1, 0.15) is 17.2 Å². The molecule has 6 heteroatoms. The van der Waals surface area contributed by atoms with Crippen molar-refractivity contribution in [2.24, 2.45) is 0 Å². The molecule has 0 unspecified atom stereocenters. The zero-order valence-corrected chi connectivity index (χ0v) is 13.7. The summed E-state index contributed by atoms with van der Waals surface area (Å²) in [5.41, 5.74) is 1.16. The summed E-state index contributed by atoms with van der Waals surface area (Å²) in [7, 11) is 3.98. The number of carbonyl (C=O) groups excluding carboxylic acids is 1. The highest BCUT2D eigenvalue weighted by Gasteiger charge is 2.22. The van der Waals surface area contributed by atoms with E-state index in [1.54, 1.807) is 23.9 Å². The van der Waals surface area contributed by atoms with Gasteiger partial charge in [-0.2, -0.15) is 5.10 Å².